The average molecular weight is 350 g/mol. The Morgan fingerprint density at radius 2 is 1.81 bits per heavy atom. The monoisotopic (exact) mass is 350 g/mol. The Bertz CT molecular complexity index is 886. The number of H-pyrrole nitrogens is 1. The summed E-state index contributed by atoms with van der Waals surface area (Å²) in [7, 11) is 0. The van der Waals surface area contributed by atoms with Crippen molar-refractivity contribution in [2.24, 2.45) is 0 Å². The molecule has 5 nitrogen and oxygen atoms in total. The van der Waals surface area contributed by atoms with Crippen molar-refractivity contribution in [3.63, 3.8) is 0 Å². The van der Waals surface area contributed by atoms with E-state index in [1.54, 1.807) is 6.20 Å². The van der Waals surface area contributed by atoms with Gasteiger partial charge in [0.15, 0.2) is 6.61 Å². The Labute approximate surface area is 152 Å². The Morgan fingerprint density at radius 1 is 1.08 bits per heavy atom. The summed E-state index contributed by atoms with van der Waals surface area (Å²) in [5.41, 5.74) is 2.53. The number of para-hydroxylation sites is 1. The molecule has 1 atom stereocenters. The van der Waals surface area contributed by atoms with E-state index in [2.05, 4.69) is 22.4 Å². The second kappa shape index (κ2) is 8.34. The molecule has 2 aromatic carbocycles. The topological polar surface area (TPSA) is 71.2 Å². The number of aromatic nitrogens is 1. The summed E-state index contributed by atoms with van der Waals surface area (Å²) >= 11 is 0. The molecule has 134 valence electrons. The van der Waals surface area contributed by atoms with E-state index in [1.165, 1.54) is 5.56 Å². The zero-order valence-corrected chi connectivity index (χ0v) is 14.7. The molecule has 5 heteroatoms. The quantitative estimate of drug-likeness (QED) is 0.641. The van der Waals surface area contributed by atoms with Crippen LogP contribution < -0.4 is 5.32 Å². The third-order valence-electron chi connectivity index (χ3n) is 4.26. The van der Waals surface area contributed by atoms with Gasteiger partial charge in [0.25, 0.3) is 5.91 Å². The Hall–Kier alpha value is -3.08. The molecule has 1 heterocycles. The summed E-state index contributed by atoms with van der Waals surface area (Å²) in [5, 5.41) is 3.65. The first-order chi connectivity index (χ1) is 12.6. The Kier molecular flexibility index (Phi) is 5.69. The smallest absolute Gasteiger partial charge is 0.340 e. The minimum absolute atomic E-state index is 0.00879. The van der Waals surface area contributed by atoms with Crippen molar-refractivity contribution in [3.05, 3.63) is 71.9 Å². The SMILES string of the molecule is C[C@H](CCc1ccccc1)NC(=O)COC(=O)c1c[nH]c2ccccc12. The predicted molar refractivity (Wildman–Crippen MR) is 101 cm³/mol. The molecular weight excluding hydrogens is 328 g/mol. The number of carbonyl (C=O) groups excluding carboxylic acids is 2. The normalized spacial score (nSPS) is 11.9. The summed E-state index contributed by atoms with van der Waals surface area (Å²) in [4.78, 5) is 27.2. The molecule has 0 aliphatic rings. The number of esters is 1. The van der Waals surface area contributed by atoms with Gasteiger partial charge in [0.05, 0.1) is 5.56 Å². The zero-order valence-electron chi connectivity index (χ0n) is 14.7. The number of aromatic amines is 1. The second-order valence-corrected chi connectivity index (χ2v) is 6.32. The van der Waals surface area contributed by atoms with Crippen molar-refractivity contribution < 1.29 is 14.3 Å². The summed E-state index contributed by atoms with van der Waals surface area (Å²) < 4.78 is 5.15. The molecular formula is C21H22N2O3. The van der Waals surface area contributed by atoms with Crippen LogP contribution in [0.5, 0.6) is 0 Å². The highest BCUT2D eigenvalue weighted by Gasteiger charge is 2.15. The molecule has 0 radical (unpaired) electrons. The minimum atomic E-state index is -0.505. The van der Waals surface area contributed by atoms with Gasteiger partial charge in [-0.05, 0) is 31.4 Å². The average Bonchev–Trinajstić information content (AvgIpc) is 3.09. The van der Waals surface area contributed by atoms with Gasteiger partial charge in [0.2, 0.25) is 0 Å². The minimum Gasteiger partial charge on any atom is -0.452 e. The van der Waals surface area contributed by atoms with E-state index < -0.39 is 5.97 Å². The summed E-state index contributed by atoms with van der Waals surface area (Å²) in [6.45, 7) is 1.66. The number of nitrogens with one attached hydrogen (secondary N) is 2. The number of rotatable bonds is 7. The molecule has 1 amide bonds. The van der Waals surface area contributed by atoms with Crippen LogP contribution in [0.4, 0.5) is 0 Å². The van der Waals surface area contributed by atoms with Crippen molar-refractivity contribution in [2.75, 3.05) is 6.61 Å². The molecule has 3 aromatic rings. The molecule has 0 saturated carbocycles. The summed E-state index contributed by atoms with van der Waals surface area (Å²) in [6.07, 6.45) is 3.32. The molecule has 0 spiro atoms. The van der Waals surface area contributed by atoms with Gasteiger partial charge in [0.1, 0.15) is 0 Å². The van der Waals surface area contributed by atoms with Crippen LogP contribution in [0, 0.1) is 0 Å². The Morgan fingerprint density at radius 3 is 2.62 bits per heavy atom. The molecule has 0 fully saturated rings. The predicted octanol–water partition coefficient (Wildman–Crippen LogP) is 3.46. The lowest BCUT2D eigenvalue weighted by Crippen LogP contribution is -2.36. The maximum Gasteiger partial charge on any atom is 0.340 e. The largest absolute Gasteiger partial charge is 0.452 e. The third-order valence-corrected chi connectivity index (χ3v) is 4.26. The third kappa shape index (κ3) is 4.51. The van der Waals surface area contributed by atoms with Gasteiger partial charge in [-0.2, -0.15) is 0 Å². The van der Waals surface area contributed by atoms with Crippen LogP contribution in [-0.2, 0) is 16.0 Å². The molecule has 0 bridgehead atoms. The van der Waals surface area contributed by atoms with E-state index in [0.29, 0.717) is 5.56 Å². The molecule has 26 heavy (non-hydrogen) atoms. The number of carbonyl (C=O) groups is 2. The molecule has 2 N–H and O–H groups in total. The molecule has 0 aliphatic carbocycles. The standard InChI is InChI=1S/C21H22N2O3/c1-15(11-12-16-7-3-2-4-8-16)23-20(24)14-26-21(25)18-13-22-19-10-6-5-9-17(18)19/h2-10,13,15,22H,11-12,14H2,1H3,(H,23,24)/t15-/m1/s1. The second-order valence-electron chi connectivity index (χ2n) is 6.32. The Balaban J connectivity index is 1.45. The zero-order chi connectivity index (χ0) is 18.4. The fourth-order valence-electron chi connectivity index (χ4n) is 2.87. The van der Waals surface area contributed by atoms with Crippen LogP contribution in [-0.4, -0.2) is 29.5 Å². The van der Waals surface area contributed by atoms with Crippen LogP contribution >= 0.6 is 0 Å². The number of amides is 1. The summed E-state index contributed by atoms with van der Waals surface area (Å²) in [6, 6.07) is 17.6. The number of ether oxygens (including phenoxy) is 1. The molecule has 1 aromatic heterocycles. The molecule has 0 aliphatic heterocycles. The van der Waals surface area contributed by atoms with Gasteiger partial charge >= 0.3 is 5.97 Å². The van der Waals surface area contributed by atoms with E-state index in [1.807, 2.05) is 49.4 Å². The first kappa shape index (κ1) is 17.7. The van der Waals surface area contributed by atoms with Crippen molar-refractivity contribution >= 4 is 22.8 Å². The number of hydrogen-bond acceptors (Lipinski definition) is 3. The van der Waals surface area contributed by atoms with Crippen LogP contribution in [0.3, 0.4) is 0 Å². The van der Waals surface area contributed by atoms with E-state index in [9.17, 15) is 9.59 Å². The van der Waals surface area contributed by atoms with Gasteiger partial charge < -0.3 is 15.0 Å². The number of benzene rings is 2. The van der Waals surface area contributed by atoms with Gasteiger partial charge in [-0.1, -0.05) is 48.5 Å². The highest BCUT2D eigenvalue weighted by Crippen LogP contribution is 2.18. The van der Waals surface area contributed by atoms with Crippen LogP contribution in [0.15, 0.2) is 60.8 Å². The first-order valence-corrected chi connectivity index (χ1v) is 8.70. The van der Waals surface area contributed by atoms with E-state index in [0.717, 1.165) is 23.7 Å². The summed E-state index contributed by atoms with van der Waals surface area (Å²) in [5.74, 6) is -0.798. The van der Waals surface area contributed by atoms with Crippen molar-refractivity contribution in [1.82, 2.24) is 10.3 Å². The lowest BCUT2D eigenvalue weighted by molar-refractivity contribution is -0.124. The molecule has 0 unspecified atom stereocenters. The van der Waals surface area contributed by atoms with Gasteiger partial charge in [-0.15, -0.1) is 0 Å². The van der Waals surface area contributed by atoms with E-state index in [-0.39, 0.29) is 18.6 Å². The van der Waals surface area contributed by atoms with Crippen LogP contribution in [0.25, 0.3) is 10.9 Å². The van der Waals surface area contributed by atoms with Crippen LogP contribution in [0.1, 0.15) is 29.3 Å². The first-order valence-electron chi connectivity index (χ1n) is 8.70. The van der Waals surface area contributed by atoms with Crippen LogP contribution in [0.2, 0.25) is 0 Å². The van der Waals surface area contributed by atoms with E-state index in [4.69, 9.17) is 4.74 Å². The number of fused-ring (bicyclic) bond motifs is 1. The fourth-order valence-corrected chi connectivity index (χ4v) is 2.87. The number of hydrogen-bond donors (Lipinski definition) is 2. The van der Waals surface area contributed by atoms with Crippen molar-refractivity contribution in [3.8, 4) is 0 Å². The maximum absolute atomic E-state index is 12.2. The van der Waals surface area contributed by atoms with Gasteiger partial charge in [-0.3, -0.25) is 4.79 Å². The molecule has 0 saturated heterocycles. The highest BCUT2D eigenvalue weighted by molar-refractivity contribution is 6.04. The van der Waals surface area contributed by atoms with Gasteiger partial charge in [-0.25, -0.2) is 4.79 Å². The lowest BCUT2D eigenvalue weighted by atomic mass is 10.1. The fraction of sp³-hybridized carbons (Fsp3) is 0.238. The van der Waals surface area contributed by atoms with E-state index >= 15 is 0 Å². The van der Waals surface area contributed by atoms with Crippen molar-refractivity contribution in [1.29, 1.82) is 0 Å². The van der Waals surface area contributed by atoms with Gasteiger partial charge in [0, 0.05) is 23.1 Å². The molecule has 3 rings (SSSR count). The lowest BCUT2D eigenvalue weighted by Gasteiger charge is -2.14. The van der Waals surface area contributed by atoms with Crippen molar-refractivity contribution in [2.45, 2.75) is 25.8 Å². The maximum atomic E-state index is 12.2. The highest BCUT2D eigenvalue weighted by atomic mass is 16.5. The number of aryl methyl sites for hydroxylation is 1.